The SMILES string of the molecule is Cc1c(Cl)cccc1-n1c(SCC(=O)NC(C)(C#N)C(C)C)nc2ccccc2c1=O. The summed E-state index contributed by atoms with van der Waals surface area (Å²) >= 11 is 7.44. The van der Waals surface area contributed by atoms with Crippen molar-refractivity contribution in [2.24, 2.45) is 5.92 Å². The molecule has 0 aliphatic carbocycles. The second-order valence-electron chi connectivity index (χ2n) is 7.74. The van der Waals surface area contributed by atoms with Gasteiger partial charge in [-0.15, -0.1) is 0 Å². The number of hydrogen-bond donors (Lipinski definition) is 1. The first-order valence-electron chi connectivity index (χ1n) is 9.80. The number of para-hydroxylation sites is 1. The molecule has 0 aliphatic heterocycles. The summed E-state index contributed by atoms with van der Waals surface area (Å²) in [4.78, 5) is 30.6. The van der Waals surface area contributed by atoms with Crippen LogP contribution in [0.1, 0.15) is 26.3 Å². The van der Waals surface area contributed by atoms with Crippen LogP contribution in [0.25, 0.3) is 16.6 Å². The minimum atomic E-state index is -0.975. The van der Waals surface area contributed by atoms with Crippen LogP contribution in [0, 0.1) is 24.2 Å². The number of halogens is 1. The van der Waals surface area contributed by atoms with Crippen LogP contribution in [0.15, 0.2) is 52.4 Å². The molecular formula is C23H23ClN4O2S. The molecule has 6 nitrogen and oxygen atoms in total. The van der Waals surface area contributed by atoms with Crippen molar-refractivity contribution in [3.8, 4) is 11.8 Å². The molecule has 3 rings (SSSR count). The van der Waals surface area contributed by atoms with Gasteiger partial charge in [-0.3, -0.25) is 14.2 Å². The van der Waals surface area contributed by atoms with E-state index in [1.807, 2.05) is 26.8 Å². The van der Waals surface area contributed by atoms with Gasteiger partial charge in [-0.25, -0.2) is 4.98 Å². The fourth-order valence-electron chi connectivity index (χ4n) is 3.02. The largest absolute Gasteiger partial charge is 0.337 e. The molecule has 1 heterocycles. The second-order valence-corrected chi connectivity index (χ2v) is 9.09. The normalized spacial score (nSPS) is 13.1. The van der Waals surface area contributed by atoms with Crippen LogP contribution in [0.3, 0.4) is 0 Å². The van der Waals surface area contributed by atoms with E-state index in [9.17, 15) is 14.9 Å². The lowest BCUT2D eigenvalue weighted by Gasteiger charge is -2.27. The van der Waals surface area contributed by atoms with E-state index >= 15 is 0 Å². The van der Waals surface area contributed by atoms with E-state index in [-0.39, 0.29) is 23.1 Å². The van der Waals surface area contributed by atoms with Gasteiger partial charge in [0.15, 0.2) is 5.16 Å². The zero-order chi connectivity index (χ0) is 22.8. The number of carbonyl (C=O) groups is 1. The van der Waals surface area contributed by atoms with Crippen LogP contribution in [-0.4, -0.2) is 26.8 Å². The van der Waals surface area contributed by atoms with Gasteiger partial charge in [-0.05, 0) is 49.6 Å². The van der Waals surface area contributed by atoms with Crippen LogP contribution in [0.2, 0.25) is 5.02 Å². The molecule has 3 aromatic rings. The number of carbonyl (C=O) groups excluding carboxylic acids is 1. The predicted molar refractivity (Wildman–Crippen MR) is 125 cm³/mol. The number of amides is 1. The van der Waals surface area contributed by atoms with Crippen LogP contribution in [-0.2, 0) is 4.79 Å². The van der Waals surface area contributed by atoms with E-state index in [1.54, 1.807) is 43.3 Å². The third-order valence-corrected chi connectivity index (χ3v) is 6.69. The molecule has 2 aromatic carbocycles. The summed E-state index contributed by atoms with van der Waals surface area (Å²) in [7, 11) is 0. The third kappa shape index (κ3) is 4.60. The fraction of sp³-hybridized carbons (Fsp3) is 0.304. The number of hydrogen-bond acceptors (Lipinski definition) is 5. The molecule has 31 heavy (non-hydrogen) atoms. The monoisotopic (exact) mass is 454 g/mol. The van der Waals surface area contributed by atoms with Gasteiger partial charge in [-0.1, -0.05) is 55.4 Å². The Bertz CT molecular complexity index is 1250. The maximum absolute atomic E-state index is 13.3. The van der Waals surface area contributed by atoms with Crippen molar-refractivity contribution in [1.82, 2.24) is 14.9 Å². The van der Waals surface area contributed by atoms with E-state index in [1.165, 1.54) is 4.57 Å². The van der Waals surface area contributed by atoms with Gasteiger partial charge in [0.25, 0.3) is 5.56 Å². The summed E-state index contributed by atoms with van der Waals surface area (Å²) in [5, 5.41) is 13.6. The van der Waals surface area contributed by atoms with Crippen LogP contribution in [0.4, 0.5) is 0 Å². The first-order chi connectivity index (χ1) is 14.7. The summed E-state index contributed by atoms with van der Waals surface area (Å²) in [5.41, 5.74) is 0.699. The van der Waals surface area contributed by atoms with Gasteiger partial charge in [0.1, 0.15) is 5.54 Å². The number of fused-ring (bicyclic) bond motifs is 1. The smallest absolute Gasteiger partial charge is 0.266 e. The van der Waals surface area contributed by atoms with Gasteiger partial charge >= 0.3 is 0 Å². The average molecular weight is 455 g/mol. The quantitative estimate of drug-likeness (QED) is 0.437. The molecule has 0 spiro atoms. The Hall–Kier alpha value is -2.82. The van der Waals surface area contributed by atoms with Crippen molar-refractivity contribution in [2.75, 3.05) is 5.75 Å². The number of benzene rings is 2. The highest BCUT2D eigenvalue weighted by Gasteiger charge is 2.30. The van der Waals surface area contributed by atoms with Crippen molar-refractivity contribution < 1.29 is 4.79 Å². The summed E-state index contributed by atoms with van der Waals surface area (Å²) in [6.45, 7) is 7.28. The highest BCUT2D eigenvalue weighted by molar-refractivity contribution is 7.99. The molecule has 1 N–H and O–H groups in total. The number of rotatable bonds is 6. The van der Waals surface area contributed by atoms with Gasteiger partial charge in [-0.2, -0.15) is 5.26 Å². The van der Waals surface area contributed by atoms with E-state index in [2.05, 4.69) is 16.4 Å². The van der Waals surface area contributed by atoms with E-state index in [0.29, 0.717) is 26.8 Å². The minimum absolute atomic E-state index is 0.00832. The van der Waals surface area contributed by atoms with Gasteiger partial charge < -0.3 is 5.32 Å². The molecule has 8 heteroatoms. The van der Waals surface area contributed by atoms with E-state index in [0.717, 1.165) is 17.3 Å². The summed E-state index contributed by atoms with van der Waals surface area (Å²) in [6.07, 6.45) is 0. The number of aromatic nitrogens is 2. The molecule has 1 unspecified atom stereocenters. The van der Waals surface area contributed by atoms with E-state index in [4.69, 9.17) is 11.6 Å². The Balaban J connectivity index is 2.04. The first kappa shape index (κ1) is 22.9. The highest BCUT2D eigenvalue weighted by Crippen LogP contribution is 2.26. The second kappa shape index (κ2) is 9.13. The standard InChI is InChI=1S/C23H23ClN4O2S/c1-14(2)23(4,13-25)27-20(29)12-31-22-26-18-10-6-5-8-16(18)21(30)28(22)19-11-7-9-17(24)15(19)3/h5-11,14H,12H2,1-4H3,(H,27,29). The lowest BCUT2D eigenvalue weighted by molar-refractivity contribution is -0.120. The lowest BCUT2D eigenvalue weighted by Crippen LogP contribution is -2.49. The van der Waals surface area contributed by atoms with Crippen LogP contribution >= 0.6 is 23.4 Å². The lowest BCUT2D eigenvalue weighted by atomic mass is 9.90. The molecule has 160 valence electrons. The Morgan fingerprint density at radius 2 is 2.00 bits per heavy atom. The summed E-state index contributed by atoms with van der Waals surface area (Å²) in [6, 6.07) is 14.6. The summed E-state index contributed by atoms with van der Waals surface area (Å²) in [5.74, 6) is -0.356. The fourth-order valence-corrected chi connectivity index (χ4v) is 3.99. The molecule has 0 bridgehead atoms. The van der Waals surface area contributed by atoms with Crippen molar-refractivity contribution in [3.05, 3.63) is 63.4 Å². The Morgan fingerprint density at radius 1 is 1.29 bits per heavy atom. The van der Waals surface area contributed by atoms with Crippen molar-refractivity contribution in [1.29, 1.82) is 5.26 Å². The topological polar surface area (TPSA) is 87.8 Å². The van der Waals surface area contributed by atoms with Crippen molar-refractivity contribution >= 4 is 40.2 Å². The molecule has 1 aromatic heterocycles. The number of nitrogens with zero attached hydrogens (tertiary/aromatic N) is 3. The van der Waals surface area contributed by atoms with Gasteiger partial charge in [0.05, 0.1) is 28.4 Å². The zero-order valence-corrected chi connectivity index (χ0v) is 19.3. The van der Waals surface area contributed by atoms with Gasteiger partial charge in [0, 0.05) is 5.02 Å². The summed E-state index contributed by atoms with van der Waals surface area (Å²) < 4.78 is 1.49. The molecule has 0 fully saturated rings. The Morgan fingerprint density at radius 3 is 2.68 bits per heavy atom. The maximum atomic E-state index is 13.3. The van der Waals surface area contributed by atoms with Crippen LogP contribution < -0.4 is 10.9 Å². The minimum Gasteiger partial charge on any atom is -0.337 e. The Labute approximate surface area is 190 Å². The molecule has 0 saturated carbocycles. The molecule has 1 amide bonds. The molecular weight excluding hydrogens is 432 g/mol. The van der Waals surface area contributed by atoms with Crippen molar-refractivity contribution in [3.63, 3.8) is 0 Å². The molecule has 0 saturated heterocycles. The average Bonchev–Trinajstić information content (AvgIpc) is 2.74. The molecule has 0 radical (unpaired) electrons. The third-order valence-electron chi connectivity index (χ3n) is 5.34. The molecule has 0 aliphatic rings. The number of thioether (sulfide) groups is 1. The van der Waals surface area contributed by atoms with Gasteiger partial charge in [0.2, 0.25) is 5.91 Å². The predicted octanol–water partition coefficient (Wildman–Crippen LogP) is 4.49. The van der Waals surface area contributed by atoms with E-state index < -0.39 is 5.54 Å². The maximum Gasteiger partial charge on any atom is 0.266 e. The van der Waals surface area contributed by atoms with Crippen molar-refractivity contribution in [2.45, 2.75) is 38.4 Å². The Kier molecular flexibility index (Phi) is 6.73. The number of nitrogens with one attached hydrogen (secondary N) is 1. The number of nitriles is 1. The molecule has 1 atom stereocenters. The first-order valence-corrected chi connectivity index (χ1v) is 11.2. The highest BCUT2D eigenvalue weighted by atomic mass is 35.5. The zero-order valence-electron chi connectivity index (χ0n) is 17.8. The van der Waals surface area contributed by atoms with Crippen LogP contribution in [0.5, 0.6) is 0 Å².